The van der Waals surface area contributed by atoms with Crippen LogP contribution >= 0.6 is 0 Å². The van der Waals surface area contributed by atoms with Gasteiger partial charge in [-0.1, -0.05) is 0 Å². The summed E-state index contributed by atoms with van der Waals surface area (Å²) in [6.45, 7) is 9.55. The molecule has 2 amide bonds. The van der Waals surface area contributed by atoms with Crippen LogP contribution in [0.5, 0.6) is 0 Å². The highest BCUT2D eigenvalue weighted by Gasteiger charge is 2.25. The maximum absolute atomic E-state index is 12.6. The number of ether oxygens (including phenoxy) is 2. The molecule has 164 valence electrons. The summed E-state index contributed by atoms with van der Waals surface area (Å²) >= 11 is 0. The Balaban J connectivity index is 0.000000941. The van der Waals surface area contributed by atoms with Gasteiger partial charge in [-0.05, 0) is 13.3 Å². The van der Waals surface area contributed by atoms with Crippen LogP contribution in [0.15, 0.2) is 6.33 Å². The summed E-state index contributed by atoms with van der Waals surface area (Å²) in [5, 5.41) is 17.9. The molecule has 1 aromatic rings. The van der Waals surface area contributed by atoms with E-state index < -0.39 is 0 Å². The molecule has 11 nitrogen and oxygen atoms in total. The molecule has 0 saturated carbocycles. The van der Waals surface area contributed by atoms with Gasteiger partial charge in [0.2, 0.25) is 0 Å². The quantitative estimate of drug-likeness (QED) is 0.610. The van der Waals surface area contributed by atoms with Crippen molar-refractivity contribution in [1.82, 2.24) is 29.9 Å². The van der Waals surface area contributed by atoms with Crippen molar-refractivity contribution >= 4 is 12.5 Å². The molecule has 0 bridgehead atoms. The number of urea groups is 1. The Labute approximate surface area is 171 Å². The number of nitrogens with one attached hydrogen (secondary N) is 1. The molecule has 0 aliphatic carbocycles. The van der Waals surface area contributed by atoms with Gasteiger partial charge in [-0.25, -0.2) is 4.79 Å². The standard InChI is InChI=1S/C17H30N6O3.CH2O2/c1-2-22-14-19-20-16(22)4-5-18-17(24)23-6-3-9-26-15(13-23)12-21-7-10-25-11-8-21;2-1-3/h14-15H,2-13H2,1H3,(H,18,24);1H,(H,2,3). The number of rotatable bonds is 6. The van der Waals surface area contributed by atoms with Gasteiger partial charge >= 0.3 is 6.03 Å². The number of hydrogen-bond acceptors (Lipinski definition) is 7. The van der Waals surface area contributed by atoms with E-state index >= 15 is 0 Å². The van der Waals surface area contributed by atoms with Crippen molar-refractivity contribution in [3.8, 4) is 0 Å². The number of carboxylic acid groups (broad SMARTS) is 1. The topological polar surface area (TPSA) is 122 Å². The molecule has 0 spiro atoms. The average Bonchev–Trinajstić information content (AvgIpc) is 3.06. The van der Waals surface area contributed by atoms with E-state index in [4.69, 9.17) is 19.4 Å². The van der Waals surface area contributed by atoms with E-state index in [1.165, 1.54) is 0 Å². The lowest BCUT2D eigenvalue weighted by Gasteiger charge is -2.31. The Bertz CT molecular complexity index is 607. The normalized spacial score (nSPS) is 20.3. The molecule has 1 aromatic heterocycles. The zero-order valence-corrected chi connectivity index (χ0v) is 17.0. The van der Waals surface area contributed by atoms with Gasteiger partial charge in [-0.3, -0.25) is 9.69 Å². The van der Waals surface area contributed by atoms with E-state index in [0.717, 1.165) is 58.2 Å². The molecule has 2 aliphatic heterocycles. The maximum atomic E-state index is 12.6. The van der Waals surface area contributed by atoms with E-state index in [1.54, 1.807) is 6.33 Å². The van der Waals surface area contributed by atoms with Gasteiger partial charge in [0.1, 0.15) is 12.2 Å². The Morgan fingerprint density at radius 2 is 2.10 bits per heavy atom. The van der Waals surface area contributed by atoms with Crippen molar-refractivity contribution in [2.24, 2.45) is 0 Å². The number of carbonyl (C=O) groups is 2. The van der Waals surface area contributed by atoms with Crippen LogP contribution in [0.1, 0.15) is 19.2 Å². The van der Waals surface area contributed by atoms with Crippen molar-refractivity contribution in [2.45, 2.75) is 32.4 Å². The molecule has 11 heteroatoms. The number of nitrogens with zero attached hydrogens (tertiary/aromatic N) is 5. The molecule has 3 rings (SSSR count). The van der Waals surface area contributed by atoms with Crippen molar-refractivity contribution in [3.05, 3.63) is 12.2 Å². The fraction of sp³-hybridized carbons (Fsp3) is 0.778. The van der Waals surface area contributed by atoms with Crippen LogP contribution in [-0.2, 0) is 27.2 Å². The first-order chi connectivity index (χ1) is 14.2. The average molecular weight is 412 g/mol. The highest BCUT2D eigenvalue weighted by molar-refractivity contribution is 5.74. The van der Waals surface area contributed by atoms with Gasteiger partial charge in [0.25, 0.3) is 6.47 Å². The van der Waals surface area contributed by atoms with Crippen molar-refractivity contribution < 1.29 is 24.2 Å². The first-order valence-corrected chi connectivity index (χ1v) is 10.1. The monoisotopic (exact) mass is 412 g/mol. The zero-order chi connectivity index (χ0) is 20.9. The SMILES string of the molecule is CCn1cnnc1CCNC(=O)N1CCCOC(CN2CCOCC2)C1.O=CO. The minimum atomic E-state index is -0.250. The number of morpholine rings is 1. The Hall–Kier alpha value is -2.24. The lowest BCUT2D eigenvalue weighted by Crippen LogP contribution is -2.48. The summed E-state index contributed by atoms with van der Waals surface area (Å²) in [6, 6.07) is -0.0231. The van der Waals surface area contributed by atoms with Crippen LogP contribution in [0.25, 0.3) is 0 Å². The fourth-order valence-electron chi connectivity index (χ4n) is 3.39. The van der Waals surface area contributed by atoms with Gasteiger partial charge in [-0.2, -0.15) is 0 Å². The molecule has 2 aliphatic rings. The van der Waals surface area contributed by atoms with Gasteiger partial charge in [0.05, 0.1) is 19.3 Å². The second kappa shape index (κ2) is 13.1. The Morgan fingerprint density at radius 3 is 2.83 bits per heavy atom. The second-order valence-corrected chi connectivity index (χ2v) is 6.83. The van der Waals surface area contributed by atoms with Crippen molar-refractivity contribution in [1.29, 1.82) is 0 Å². The summed E-state index contributed by atoms with van der Waals surface area (Å²) in [6.07, 6.45) is 3.34. The molecule has 29 heavy (non-hydrogen) atoms. The number of hydrogen-bond donors (Lipinski definition) is 2. The highest BCUT2D eigenvalue weighted by atomic mass is 16.5. The van der Waals surface area contributed by atoms with Crippen LogP contribution in [-0.4, -0.2) is 107 Å². The number of aryl methyl sites for hydroxylation is 1. The van der Waals surface area contributed by atoms with E-state index in [0.29, 0.717) is 26.1 Å². The molecule has 2 fully saturated rings. The molecule has 0 aromatic carbocycles. The molecular weight excluding hydrogens is 380 g/mol. The van der Waals surface area contributed by atoms with Crippen LogP contribution in [0.2, 0.25) is 0 Å². The predicted octanol–water partition coefficient (Wildman–Crippen LogP) is -0.326. The van der Waals surface area contributed by atoms with Gasteiger partial charge in [-0.15, -0.1) is 10.2 Å². The Kier molecular flexibility index (Phi) is 10.4. The smallest absolute Gasteiger partial charge is 0.317 e. The largest absolute Gasteiger partial charge is 0.483 e. The lowest BCUT2D eigenvalue weighted by atomic mass is 10.2. The van der Waals surface area contributed by atoms with Gasteiger partial charge in [0, 0.05) is 58.8 Å². The third-order valence-electron chi connectivity index (χ3n) is 4.86. The van der Waals surface area contributed by atoms with E-state index in [2.05, 4.69) is 27.3 Å². The summed E-state index contributed by atoms with van der Waals surface area (Å²) in [4.78, 5) is 25.1. The summed E-state index contributed by atoms with van der Waals surface area (Å²) in [5.41, 5.74) is 0. The molecule has 2 N–H and O–H groups in total. The summed E-state index contributed by atoms with van der Waals surface area (Å²) in [7, 11) is 0. The maximum Gasteiger partial charge on any atom is 0.317 e. The van der Waals surface area contributed by atoms with Crippen LogP contribution in [0.4, 0.5) is 4.79 Å². The predicted molar refractivity (Wildman–Crippen MR) is 105 cm³/mol. The van der Waals surface area contributed by atoms with Crippen LogP contribution < -0.4 is 5.32 Å². The van der Waals surface area contributed by atoms with Crippen LogP contribution in [0, 0.1) is 0 Å². The first kappa shape index (κ1) is 23.0. The molecule has 1 unspecified atom stereocenters. The van der Waals surface area contributed by atoms with Gasteiger partial charge in [0.15, 0.2) is 0 Å². The minimum Gasteiger partial charge on any atom is -0.483 e. The molecule has 3 heterocycles. The number of amides is 2. The van der Waals surface area contributed by atoms with Crippen molar-refractivity contribution in [3.63, 3.8) is 0 Å². The zero-order valence-electron chi connectivity index (χ0n) is 17.0. The summed E-state index contributed by atoms with van der Waals surface area (Å²) < 4.78 is 13.3. The second-order valence-electron chi connectivity index (χ2n) is 6.83. The minimum absolute atomic E-state index is 0.0231. The third kappa shape index (κ3) is 7.95. The summed E-state index contributed by atoms with van der Waals surface area (Å²) in [5.74, 6) is 0.900. The molecule has 1 atom stereocenters. The molecule has 0 radical (unpaired) electrons. The Morgan fingerprint density at radius 1 is 1.34 bits per heavy atom. The van der Waals surface area contributed by atoms with Crippen LogP contribution in [0.3, 0.4) is 0 Å². The molecular formula is C18H32N6O5. The first-order valence-electron chi connectivity index (χ1n) is 10.1. The fourth-order valence-corrected chi connectivity index (χ4v) is 3.39. The van der Waals surface area contributed by atoms with Gasteiger partial charge < -0.3 is 29.4 Å². The van der Waals surface area contributed by atoms with E-state index in [9.17, 15) is 4.79 Å². The van der Waals surface area contributed by atoms with E-state index in [-0.39, 0.29) is 18.6 Å². The highest BCUT2D eigenvalue weighted by Crippen LogP contribution is 2.09. The van der Waals surface area contributed by atoms with E-state index in [1.807, 2.05) is 9.47 Å². The molecule has 2 saturated heterocycles. The number of aromatic nitrogens is 3. The van der Waals surface area contributed by atoms with Crippen molar-refractivity contribution in [2.75, 3.05) is 59.1 Å². The number of carbonyl (C=O) groups excluding carboxylic acids is 1. The lowest BCUT2D eigenvalue weighted by molar-refractivity contribution is -0.122. The third-order valence-corrected chi connectivity index (χ3v) is 4.86.